The van der Waals surface area contributed by atoms with Gasteiger partial charge in [0.2, 0.25) is 0 Å². The Kier molecular flexibility index (Phi) is 4.66. The molecule has 0 amide bonds. The monoisotopic (exact) mass is 384 g/mol. The quantitative estimate of drug-likeness (QED) is 0.503. The number of benzene rings is 3. The summed E-state index contributed by atoms with van der Waals surface area (Å²) in [5.41, 5.74) is 3.16. The molecule has 1 atom stereocenters. The van der Waals surface area contributed by atoms with E-state index in [-0.39, 0.29) is 11.9 Å². The van der Waals surface area contributed by atoms with Gasteiger partial charge >= 0.3 is 0 Å². The van der Waals surface area contributed by atoms with E-state index in [9.17, 15) is 4.39 Å². The summed E-state index contributed by atoms with van der Waals surface area (Å²) in [7, 11) is 0. The standard InChI is InChI=1S/C21H15Cl2FN2/c22-15-11-9-14(10-12-15)21-13-19(16-5-1-2-6-17(16)23)25-26(21)20-8-4-3-7-18(20)24/h1-12,21H,13H2/t21-/m1/s1. The highest BCUT2D eigenvalue weighted by Gasteiger charge is 2.31. The minimum atomic E-state index is -0.310. The topological polar surface area (TPSA) is 15.6 Å². The predicted octanol–water partition coefficient (Wildman–Crippen LogP) is 6.49. The minimum absolute atomic E-state index is 0.129. The molecule has 0 saturated heterocycles. The van der Waals surface area contributed by atoms with Crippen LogP contribution in [-0.2, 0) is 0 Å². The first kappa shape index (κ1) is 17.1. The first-order chi connectivity index (χ1) is 12.6. The fourth-order valence-corrected chi connectivity index (χ4v) is 3.54. The molecule has 3 aromatic carbocycles. The van der Waals surface area contributed by atoms with Crippen LogP contribution in [0.1, 0.15) is 23.6 Å². The molecule has 1 aliphatic heterocycles. The normalized spacial score (nSPS) is 16.7. The van der Waals surface area contributed by atoms with Crippen molar-refractivity contribution in [1.82, 2.24) is 0 Å². The van der Waals surface area contributed by atoms with Crippen LogP contribution in [-0.4, -0.2) is 5.71 Å². The summed E-state index contributed by atoms with van der Waals surface area (Å²) in [6, 6.07) is 21.7. The van der Waals surface area contributed by atoms with E-state index < -0.39 is 0 Å². The van der Waals surface area contributed by atoms with Crippen molar-refractivity contribution >= 4 is 34.6 Å². The Labute approximate surface area is 161 Å². The zero-order chi connectivity index (χ0) is 18.1. The molecule has 0 bridgehead atoms. The molecule has 1 aliphatic rings. The van der Waals surface area contributed by atoms with Crippen molar-refractivity contribution in [2.24, 2.45) is 5.10 Å². The zero-order valence-electron chi connectivity index (χ0n) is 13.7. The van der Waals surface area contributed by atoms with Crippen LogP contribution in [0, 0.1) is 5.82 Å². The molecule has 0 aromatic heterocycles. The van der Waals surface area contributed by atoms with Gasteiger partial charge in [-0.1, -0.05) is 65.7 Å². The SMILES string of the molecule is Fc1ccccc1N1N=C(c2ccccc2Cl)C[C@@H]1c1ccc(Cl)cc1. The summed E-state index contributed by atoms with van der Waals surface area (Å²) < 4.78 is 14.4. The third kappa shape index (κ3) is 3.20. The van der Waals surface area contributed by atoms with E-state index in [1.807, 2.05) is 48.5 Å². The summed E-state index contributed by atoms with van der Waals surface area (Å²) in [6.45, 7) is 0. The summed E-state index contributed by atoms with van der Waals surface area (Å²) >= 11 is 12.4. The van der Waals surface area contributed by atoms with Crippen LogP contribution >= 0.6 is 23.2 Å². The summed E-state index contributed by atoms with van der Waals surface area (Å²) in [5, 5.41) is 7.76. The molecular weight excluding hydrogens is 370 g/mol. The largest absolute Gasteiger partial charge is 0.254 e. The molecule has 2 nitrogen and oxygen atoms in total. The number of hydrogen-bond donors (Lipinski definition) is 0. The van der Waals surface area contributed by atoms with Crippen molar-refractivity contribution in [3.8, 4) is 0 Å². The van der Waals surface area contributed by atoms with Crippen LogP contribution in [0.15, 0.2) is 77.9 Å². The number of hydrogen-bond acceptors (Lipinski definition) is 2. The lowest BCUT2D eigenvalue weighted by molar-refractivity contribution is 0.606. The van der Waals surface area contributed by atoms with Crippen molar-refractivity contribution < 1.29 is 4.39 Å². The Balaban J connectivity index is 1.80. The van der Waals surface area contributed by atoms with Gasteiger partial charge in [0.1, 0.15) is 5.82 Å². The Morgan fingerprint density at radius 1 is 0.885 bits per heavy atom. The van der Waals surface area contributed by atoms with Crippen LogP contribution in [0.5, 0.6) is 0 Å². The molecule has 3 aromatic rings. The van der Waals surface area contributed by atoms with Crippen molar-refractivity contribution in [2.75, 3.05) is 5.01 Å². The van der Waals surface area contributed by atoms with E-state index >= 15 is 0 Å². The number of para-hydroxylation sites is 1. The van der Waals surface area contributed by atoms with Gasteiger partial charge < -0.3 is 0 Å². The first-order valence-corrected chi connectivity index (χ1v) is 9.00. The highest BCUT2D eigenvalue weighted by atomic mass is 35.5. The molecule has 5 heteroatoms. The van der Waals surface area contributed by atoms with Crippen molar-refractivity contribution in [3.63, 3.8) is 0 Å². The van der Waals surface area contributed by atoms with Gasteiger partial charge in [0, 0.05) is 22.0 Å². The Bertz CT molecular complexity index is 970. The van der Waals surface area contributed by atoms with Gasteiger partial charge in [-0.3, -0.25) is 5.01 Å². The Hall–Kier alpha value is -2.36. The maximum atomic E-state index is 14.4. The van der Waals surface area contributed by atoms with E-state index in [0.717, 1.165) is 16.8 Å². The predicted molar refractivity (Wildman–Crippen MR) is 106 cm³/mol. The molecular formula is C21H15Cl2FN2. The second-order valence-corrected chi connectivity index (χ2v) is 6.94. The Morgan fingerprint density at radius 2 is 1.58 bits per heavy atom. The lowest BCUT2D eigenvalue weighted by Crippen LogP contribution is -2.19. The van der Waals surface area contributed by atoms with Gasteiger partial charge in [-0.2, -0.15) is 5.10 Å². The van der Waals surface area contributed by atoms with Gasteiger partial charge in [0.05, 0.1) is 17.4 Å². The summed E-state index contributed by atoms with van der Waals surface area (Å²) in [5.74, 6) is -0.310. The highest BCUT2D eigenvalue weighted by Crippen LogP contribution is 2.38. The molecule has 0 N–H and O–H groups in total. The third-order valence-corrected chi connectivity index (χ3v) is 5.03. The highest BCUT2D eigenvalue weighted by molar-refractivity contribution is 6.34. The molecule has 130 valence electrons. The van der Waals surface area contributed by atoms with Crippen molar-refractivity contribution in [2.45, 2.75) is 12.5 Å². The lowest BCUT2D eigenvalue weighted by Gasteiger charge is -2.24. The van der Waals surface area contributed by atoms with E-state index in [0.29, 0.717) is 22.2 Å². The zero-order valence-corrected chi connectivity index (χ0v) is 15.3. The lowest BCUT2D eigenvalue weighted by atomic mass is 9.98. The van der Waals surface area contributed by atoms with Gasteiger partial charge in [0.25, 0.3) is 0 Å². The average Bonchev–Trinajstić information content (AvgIpc) is 3.08. The summed E-state index contributed by atoms with van der Waals surface area (Å²) in [4.78, 5) is 0. The smallest absolute Gasteiger partial charge is 0.148 e. The second kappa shape index (κ2) is 7.10. The van der Waals surface area contributed by atoms with E-state index in [1.54, 1.807) is 23.2 Å². The van der Waals surface area contributed by atoms with E-state index in [2.05, 4.69) is 0 Å². The minimum Gasteiger partial charge on any atom is -0.254 e. The second-order valence-electron chi connectivity index (χ2n) is 6.09. The first-order valence-electron chi connectivity index (χ1n) is 8.25. The number of rotatable bonds is 3. The maximum absolute atomic E-state index is 14.4. The van der Waals surface area contributed by atoms with Crippen LogP contribution in [0.25, 0.3) is 0 Å². The van der Waals surface area contributed by atoms with Crippen LogP contribution in [0.2, 0.25) is 10.0 Å². The van der Waals surface area contributed by atoms with Gasteiger partial charge in [0.15, 0.2) is 0 Å². The number of nitrogens with zero attached hydrogens (tertiary/aromatic N) is 2. The number of anilines is 1. The molecule has 4 rings (SSSR count). The van der Waals surface area contributed by atoms with Crippen LogP contribution < -0.4 is 5.01 Å². The van der Waals surface area contributed by atoms with Crippen LogP contribution in [0.4, 0.5) is 10.1 Å². The van der Waals surface area contributed by atoms with Crippen molar-refractivity contribution in [3.05, 3.63) is 99.8 Å². The molecule has 1 heterocycles. The molecule has 0 aliphatic carbocycles. The fraction of sp³-hybridized carbons (Fsp3) is 0.0952. The maximum Gasteiger partial charge on any atom is 0.148 e. The van der Waals surface area contributed by atoms with E-state index in [1.165, 1.54) is 6.07 Å². The third-order valence-electron chi connectivity index (χ3n) is 4.45. The molecule has 0 radical (unpaired) electrons. The fourth-order valence-electron chi connectivity index (χ4n) is 3.17. The molecule has 0 unspecified atom stereocenters. The Morgan fingerprint density at radius 3 is 2.31 bits per heavy atom. The molecule has 0 saturated carbocycles. The number of hydrazone groups is 1. The number of halogens is 3. The van der Waals surface area contributed by atoms with Crippen molar-refractivity contribution in [1.29, 1.82) is 0 Å². The van der Waals surface area contributed by atoms with Gasteiger partial charge in [-0.25, -0.2) is 4.39 Å². The van der Waals surface area contributed by atoms with E-state index in [4.69, 9.17) is 28.3 Å². The van der Waals surface area contributed by atoms with Crippen LogP contribution in [0.3, 0.4) is 0 Å². The van der Waals surface area contributed by atoms with Gasteiger partial charge in [-0.15, -0.1) is 0 Å². The van der Waals surface area contributed by atoms with Gasteiger partial charge in [-0.05, 0) is 35.9 Å². The molecule has 26 heavy (non-hydrogen) atoms. The summed E-state index contributed by atoms with van der Waals surface area (Å²) in [6.07, 6.45) is 0.625. The molecule has 0 fully saturated rings. The molecule has 0 spiro atoms. The average molecular weight is 385 g/mol.